The maximum absolute atomic E-state index is 11.5. The van der Waals surface area contributed by atoms with E-state index in [0.717, 1.165) is 32.6 Å². The predicted octanol–water partition coefficient (Wildman–Crippen LogP) is -0.155. The van der Waals surface area contributed by atoms with Gasteiger partial charge in [0, 0.05) is 26.7 Å². The van der Waals surface area contributed by atoms with Crippen LogP contribution in [0.3, 0.4) is 0 Å². The molecule has 0 aromatic rings. The van der Waals surface area contributed by atoms with Crippen LogP contribution in [0.25, 0.3) is 0 Å². The van der Waals surface area contributed by atoms with Crippen LogP contribution in [0, 0.1) is 0 Å². The van der Waals surface area contributed by atoms with E-state index < -0.39 is 0 Å². The first-order valence-electron chi connectivity index (χ1n) is 4.82. The highest BCUT2D eigenvalue weighted by atomic mass is 16.5. The second-order valence-electron chi connectivity index (χ2n) is 3.23. The first-order valence-corrected chi connectivity index (χ1v) is 4.82. The third-order valence-electron chi connectivity index (χ3n) is 2.21. The Hall–Kier alpha value is -0.610. The molecule has 0 unspecified atom stereocenters. The lowest BCUT2D eigenvalue weighted by Crippen LogP contribution is -2.34. The lowest BCUT2D eigenvalue weighted by Gasteiger charge is -2.19. The van der Waals surface area contributed by atoms with Gasteiger partial charge in [-0.15, -0.1) is 0 Å². The molecule has 1 N–H and O–H groups in total. The van der Waals surface area contributed by atoms with Crippen molar-refractivity contribution in [2.45, 2.75) is 12.8 Å². The monoisotopic (exact) mass is 186 g/mol. The zero-order valence-electron chi connectivity index (χ0n) is 8.21. The van der Waals surface area contributed by atoms with E-state index in [1.54, 1.807) is 7.11 Å². The number of methoxy groups -OCH3 is 1. The van der Waals surface area contributed by atoms with Crippen molar-refractivity contribution in [2.75, 3.05) is 39.9 Å². The molecule has 0 bridgehead atoms. The van der Waals surface area contributed by atoms with E-state index in [9.17, 15) is 4.79 Å². The fourth-order valence-electron chi connectivity index (χ4n) is 1.44. The summed E-state index contributed by atoms with van der Waals surface area (Å²) in [6.07, 6.45) is 1.56. The van der Waals surface area contributed by atoms with Crippen LogP contribution in [0.1, 0.15) is 12.8 Å². The molecule has 1 amide bonds. The molecule has 0 aromatic heterocycles. The summed E-state index contributed by atoms with van der Waals surface area (Å²) < 4.78 is 4.87. The quantitative estimate of drug-likeness (QED) is 0.666. The summed E-state index contributed by atoms with van der Waals surface area (Å²) in [7, 11) is 1.62. The topological polar surface area (TPSA) is 41.6 Å². The standard InChI is InChI=1S/C9H18N2O2/c1-13-8-3-9(12)11-6-2-4-10-5-7-11/h10H,2-8H2,1H3. The molecule has 13 heavy (non-hydrogen) atoms. The molecule has 76 valence electrons. The van der Waals surface area contributed by atoms with Gasteiger partial charge >= 0.3 is 0 Å². The molecule has 0 aliphatic carbocycles. The summed E-state index contributed by atoms with van der Waals surface area (Å²) in [4.78, 5) is 13.4. The van der Waals surface area contributed by atoms with E-state index in [-0.39, 0.29) is 5.91 Å². The van der Waals surface area contributed by atoms with E-state index in [1.165, 1.54) is 0 Å². The van der Waals surface area contributed by atoms with Crippen molar-refractivity contribution in [3.8, 4) is 0 Å². The molecule has 0 aromatic carbocycles. The average Bonchev–Trinajstić information content (AvgIpc) is 2.42. The van der Waals surface area contributed by atoms with Crippen LogP contribution < -0.4 is 5.32 Å². The normalized spacial score (nSPS) is 18.4. The van der Waals surface area contributed by atoms with E-state index >= 15 is 0 Å². The summed E-state index contributed by atoms with van der Waals surface area (Å²) in [6, 6.07) is 0. The minimum absolute atomic E-state index is 0.213. The van der Waals surface area contributed by atoms with Crippen LogP contribution in [0.5, 0.6) is 0 Å². The van der Waals surface area contributed by atoms with Crippen LogP contribution in [-0.4, -0.2) is 50.7 Å². The van der Waals surface area contributed by atoms with Gasteiger partial charge in [-0.3, -0.25) is 4.79 Å². The first-order chi connectivity index (χ1) is 6.34. The molecule has 4 nitrogen and oxygen atoms in total. The molecule has 0 atom stereocenters. The van der Waals surface area contributed by atoms with Gasteiger partial charge in [0.25, 0.3) is 0 Å². The summed E-state index contributed by atoms with van der Waals surface area (Å²) >= 11 is 0. The van der Waals surface area contributed by atoms with E-state index in [4.69, 9.17) is 4.74 Å². The zero-order valence-corrected chi connectivity index (χ0v) is 8.21. The number of carbonyl (C=O) groups excluding carboxylic acids is 1. The number of rotatable bonds is 3. The fraction of sp³-hybridized carbons (Fsp3) is 0.889. The number of ether oxygens (including phenoxy) is 1. The van der Waals surface area contributed by atoms with E-state index in [2.05, 4.69) is 5.32 Å². The Morgan fingerprint density at radius 1 is 1.46 bits per heavy atom. The van der Waals surface area contributed by atoms with Gasteiger partial charge in [-0.2, -0.15) is 0 Å². The minimum atomic E-state index is 0.213. The number of hydrogen-bond acceptors (Lipinski definition) is 3. The summed E-state index contributed by atoms with van der Waals surface area (Å²) in [5.41, 5.74) is 0. The third kappa shape index (κ3) is 3.74. The summed E-state index contributed by atoms with van der Waals surface area (Å²) in [6.45, 7) is 4.19. The molecule has 1 saturated heterocycles. The molecular formula is C9H18N2O2. The van der Waals surface area contributed by atoms with Crippen molar-refractivity contribution in [3.05, 3.63) is 0 Å². The number of carbonyl (C=O) groups is 1. The molecule has 0 spiro atoms. The van der Waals surface area contributed by atoms with Crippen LogP contribution in [0.2, 0.25) is 0 Å². The zero-order chi connectivity index (χ0) is 9.52. The Kier molecular flexibility index (Phi) is 4.78. The fourth-order valence-corrected chi connectivity index (χ4v) is 1.44. The third-order valence-corrected chi connectivity index (χ3v) is 2.21. The van der Waals surface area contributed by atoms with Gasteiger partial charge in [-0.25, -0.2) is 0 Å². The van der Waals surface area contributed by atoms with Gasteiger partial charge in [0.2, 0.25) is 5.91 Å². The smallest absolute Gasteiger partial charge is 0.224 e. The molecule has 1 fully saturated rings. The second kappa shape index (κ2) is 5.94. The second-order valence-corrected chi connectivity index (χ2v) is 3.23. The van der Waals surface area contributed by atoms with Crippen molar-refractivity contribution in [2.24, 2.45) is 0 Å². The highest BCUT2D eigenvalue weighted by molar-refractivity contribution is 5.76. The molecule has 0 radical (unpaired) electrons. The average molecular weight is 186 g/mol. The Labute approximate surface area is 79.2 Å². The number of hydrogen-bond donors (Lipinski definition) is 1. The lowest BCUT2D eigenvalue weighted by atomic mass is 10.3. The summed E-state index contributed by atoms with van der Waals surface area (Å²) in [5, 5.41) is 3.26. The van der Waals surface area contributed by atoms with Crippen LogP contribution >= 0.6 is 0 Å². The highest BCUT2D eigenvalue weighted by Crippen LogP contribution is 1.98. The van der Waals surface area contributed by atoms with Gasteiger partial charge in [-0.05, 0) is 13.0 Å². The number of nitrogens with one attached hydrogen (secondary N) is 1. The van der Waals surface area contributed by atoms with Crippen molar-refractivity contribution < 1.29 is 9.53 Å². The maximum Gasteiger partial charge on any atom is 0.224 e. The molecule has 1 heterocycles. The SMILES string of the molecule is COCCC(=O)N1CCCNCC1. The van der Waals surface area contributed by atoms with E-state index in [0.29, 0.717) is 13.0 Å². The molecule has 4 heteroatoms. The van der Waals surface area contributed by atoms with Crippen molar-refractivity contribution in [1.82, 2.24) is 10.2 Å². The van der Waals surface area contributed by atoms with Crippen molar-refractivity contribution >= 4 is 5.91 Å². The van der Waals surface area contributed by atoms with Gasteiger partial charge < -0.3 is 15.0 Å². The summed E-state index contributed by atoms with van der Waals surface area (Å²) in [5.74, 6) is 0.213. The predicted molar refractivity (Wildman–Crippen MR) is 50.6 cm³/mol. The Morgan fingerprint density at radius 2 is 2.31 bits per heavy atom. The molecule has 1 rings (SSSR count). The number of amides is 1. The highest BCUT2D eigenvalue weighted by Gasteiger charge is 2.13. The number of nitrogens with zero attached hydrogens (tertiary/aromatic N) is 1. The molecule has 1 aliphatic rings. The van der Waals surface area contributed by atoms with E-state index in [1.807, 2.05) is 4.90 Å². The van der Waals surface area contributed by atoms with Crippen LogP contribution in [-0.2, 0) is 9.53 Å². The van der Waals surface area contributed by atoms with Gasteiger partial charge in [0.1, 0.15) is 0 Å². The van der Waals surface area contributed by atoms with Gasteiger partial charge in [-0.1, -0.05) is 0 Å². The maximum atomic E-state index is 11.5. The lowest BCUT2D eigenvalue weighted by molar-refractivity contribution is -0.131. The largest absolute Gasteiger partial charge is 0.384 e. The Balaban J connectivity index is 2.26. The molecular weight excluding hydrogens is 168 g/mol. The Bertz CT molecular complexity index is 154. The van der Waals surface area contributed by atoms with Crippen molar-refractivity contribution in [3.63, 3.8) is 0 Å². The first kappa shape index (κ1) is 10.5. The minimum Gasteiger partial charge on any atom is -0.384 e. The van der Waals surface area contributed by atoms with Gasteiger partial charge in [0.05, 0.1) is 13.0 Å². The van der Waals surface area contributed by atoms with Crippen LogP contribution in [0.15, 0.2) is 0 Å². The Morgan fingerprint density at radius 3 is 3.08 bits per heavy atom. The molecule has 0 saturated carbocycles. The molecule has 1 aliphatic heterocycles. The van der Waals surface area contributed by atoms with Crippen LogP contribution in [0.4, 0.5) is 0 Å². The van der Waals surface area contributed by atoms with Gasteiger partial charge in [0.15, 0.2) is 0 Å². The van der Waals surface area contributed by atoms with Crippen molar-refractivity contribution in [1.29, 1.82) is 0 Å².